The standard InChI is InChI=1S/C16H16F2N4O3S/c17-12-7-9(2-1-3-22-26(24)25)6-10(13(12)18)15(23)11-8-21-16-14(11)19-4-5-20-16/h4-8,14,16,21,26H,1-3H2,(H,22,24,25). The van der Waals surface area contributed by atoms with Gasteiger partial charge in [0.15, 0.2) is 17.4 Å². The average molecular weight is 382 g/mol. The molecule has 0 spiro atoms. The molecule has 2 atom stereocenters. The second kappa shape index (κ2) is 7.83. The topological polar surface area (TPSA) is 100.0 Å². The Morgan fingerprint density at radius 2 is 2.00 bits per heavy atom. The van der Waals surface area contributed by atoms with Gasteiger partial charge in [-0.05, 0) is 30.5 Å². The molecule has 1 aromatic rings. The Labute approximate surface area is 150 Å². The molecule has 0 fully saturated rings. The fourth-order valence-electron chi connectivity index (χ4n) is 2.84. The molecule has 2 unspecified atom stereocenters. The number of thiol groups is 1. The van der Waals surface area contributed by atoms with E-state index in [4.69, 9.17) is 0 Å². The van der Waals surface area contributed by atoms with Crippen molar-refractivity contribution < 1.29 is 22.0 Å². The molecule has 1 aromatic carbocycles. The highest BCUT2D eigenvalue weighted by Gasteiger charge is 2.35. The lowest BCUT2D eigenvalue weighted by molar-refractivity contribution is 0.102. The maximum atomic E-state index is 14.2. The van der Waals surface area contributed by atoms with Crippen LogP contribution in [0.4, 0.5) is 8.78 Å². The van der Waals surface area contributed by atoms with Gasteiger partial charge in [-0.2, -0.15) is 0 Å². The Hall–Kier alpha value is -2.46. The Kier molecular flexibility index (Phi) is 5.52. The van der Waals surface area contributed by atoms with E-state index >= 15 is 0 Å². The van der Waals surface area contributed by atoms with Gasteiger partial charge in [-0.25, -0.2) is 21.9 Å². The molecule has 0 saturated carbocycles. The molecule has 0 amide bonds. The molecule has 2 heterocycles. The van der Waals surface area contributed by atoms with E-state index in [-0.39, 0.29) is 17.7 Å². The number of halogens is 2. The van der Waals surface area contributed by atoms with Crippen LogP contribution >= 0.6 is 0 Å². The minimum Gasteiger partial charge on any atom is -0.367 e. The van der Waals surface area contributed by atoms with Crippen molar-refractivity contribution >= 4 is 29.1 Å². The highest BCUT2D eigenvalue weighted by atomic mass is 32.2. The van der Waals surface area contributed by atoms with E-state index in [2.05, 4.69) is 20.0 Å². The fraction of sp³-hybridized carbons (Fsp3) is 0.312. The number of ketones is 1. The molecule has 0 aromatic heterocycles. The summed E-state index contributed by atoms with van der Waals surface area (Å²) in [5, 5.41) is 2.88. The minimum atomic E-state index is -2.70. The first-order chi connectivity index (χ1) is 12.5. The van der Waals surface area contributed by atoms with Gasteiger partial charge in [0, 0.05) is 30.7 Å². The van der Waals surface area contributed by atoms with Crippen LogP contribution in [0.3, 0.4) is 0 Å². The van der Waals surface area contributed by atoms with Crippen LogP contribution < -0.4 is 10.0 Å². The quantitative estimate of drug-likeness (QED) is 0.364. The van der Waals surface area contributed by atoms with Crippen molar-refractivity contribution in [1.29, 1.82) is 0 Å². The summed E-state index contributed by atoms with van der Waals surface area (Å²) < 4.78 is 51.3. The van der Waals surface area contributed by atoms with Crippen molar-refractivity contribution in [2.45, 2.75) is 25.0 Å². The first-order valence-electron chi connectivity index (χ1n) is 7.89. The Bertz CT molecular complexity index is 888. The van der Waals surface area contributed by atoms with E-state index in [1.807, 2.05) is 0 Å². The molecule has 2 N–H and O–H groups in total. The summed E-state index contributed by atoms with van der Waals surface area (Å²) in [5.41, 5.74) is 0.244. The first kappa shape index (κ1) is 18.3. The summed E-state index contributed by atoms with van der Waals surface area (Å²) in [6, 6.07) is 1.73. The van der Waals surface area contributed by atoms with Crippen LogP contribution in [0.5, 0.6) is 0 Å². The monoisotopic (exact) mass is 382 g/mol. The average Bonchev–Trinajstić information content (AvgIpc) is 3.05. The maximum Gasteiger partial charge on any atom is 0.201 e. The molecule has 0 saturated heterocycles. The summed E-state index contributed by atoms with van der Waals surface area (Å²) in [6.07, 6.45) is 4.64. The third-order valence-corrected chi connectivity index (χ3v) is 4.55. The molecule has 0 aliphatic carbocycles. The number of nitrogens with one attached hydrogen (secondary N) is 2. The highest BCUT2D eigenvalue weighted by molar-refractivity contribution is 7.70. The highest BCUT2D eigenvalue weighted by Crippen LogP contribution is 2.26. The largest absolute Gasteiger partial charge is 0.367 e. The number of aryl methyl sites for hydroxylation is 1. The summed E-state index contributed by atoms with van der Waals surface area (Å²) in [7, 11) is -2.70. The van der Waals surface area contributed by atoms with Gasteiger partial charge in [-0.3, -0.25) is 14.8 Å². The molecule has 3 rings (SSSR count). The van der Waals surface area contributed by atoms with Crippen LogP contribution in [0.2, 0.25) is 0 Å². The van der Waals surface area contributed by atoms with Gasteiger partial charge in [-0.1, -0.05) is 0 Å². The molecule has 26 heavy (non-hydrogen) atoms. The lowest BCUT2D eigenvalue weighted by atomic mass is 9.95. The number of carbonyl (C=O) groups excluding carboxylic acids is 1. The van der Waals surface area contributed by atoms with Crippen LogP contribution in [-0.2, 0) is 17.3 Å². The number of hydrogen-bond acceptors (Lipinski definition) is 6. The van der Waals surface area contributed by atoms with Crippen molar-refractivity contribution in [3.8, 4) is 0 Å². The van der Waals surface area contributed by atoms with Crippen molar-refractivity contribution in [2.75, 3.05) is 6.54 Å². The number of aliphatic imine (C=N–C) groups is 2. The second-order valence-corrected chi connectivity index (χ2v) is 6.62. The van der Waals surface area contributed by atoms with Gasteiger partial charge < -0.3 is 5.32 Å². The zero-order valence-electron chi connectivity index (χ0n) is 13.5. The second-order valence-electron chi connectivity index (χ2n) is 5.79. The number of carbonyl (C=O) groups is 1. The van der Waals surface area contributed by atoms with Gasteiger partial charge in [0.2, 0.25) is 10.9 Å². The van der Waals surface area contributed by atoms with E-state index in [1.54, 1.807) is 0 Å². The molecule has 0 radical (unpaired) electrons. The summed E-state index contributed by atoms with van der Waals surface area (Å²) in [5.74, 6) is -2.99. The van der Waals surface area contributed by atoms with Gasteiger partial charge in [0.1, 0.15) is 12.2 Å². The summed E-state index contributed by atoms with van der Waals surface area (Å²) in [4.78, 5) is 21.0. The van der Waals surface area contributed by atoms with Crippen molar-refractivity contribution in [1.82, 2.24) is 10.0 Å². The molecular formula is C16H16F2N4O3S. The zero-order chi connectivity index (χ0) is 18.7. The normalized spacial score (nSPS) is 20.8. The number of nitrogens with zero attached hydrogens (tertiary/aromatic N) is 2. The SMILES string of the molecule is O=C(C1=CNC2N=CC=NC12)c1cc(CCCN[SH](=O)=O)cc(F)c1F. The Balaban J connectivity index is 1.79. The van der Waals surface area contributed by atoms with Gasteiger partial charge in [0.25, 0.3) is 0 Å². The van der Waals surface area contributed by atoms with E-state index in [9.17, 15) is 22.0 Å². The van der Waals surface area contributed by atoms with Crippen LogP contribution in [-0.4, -0.2) is 45.4 Å². The van der Waals surface area contributed by atoms with Crippen LogP contribution in [0.25, 0.3) is 0 Å². The third kappa shape index (κ3) is 3.86. The number of hydrogen-bond donors (Lipinski definition) is 3. The first-order valence-corrected chi connectivity index (χ1v) is 9.06. The predicted octanol–water partition coefficient (Wildman–Crippen LogP) is 0.533. The van der Waals surface area contributed by atoms with Crippen molar-refractivity contribution in [3.05, 3.63) is 46.7 Å². The van der Waals surface area contributed by atoms with Gasteiger partial charge >= 0.3 is 0 Å². The van der Waals surface area contributed by atoms with Crippen LogP contribution in [0, 0.1) is 11.6 Å². The molecule has 2 aliphatic heterocycles. The third-order valence-electron chi connectivity index (χ3n) is 4.07. The molecule has 138 valence electrons. The van der Waals surface area contributed by atoms with Gasteiger partial charge in [0.05, 0.1) is 5.56 Å². The smallest absolute Gasteiger partial charge is 0.201 e. The van der Waals surface area contributed by atoms with Crippen LogP contribution in [0.15, 0.2) is 33.9 Å². The number of rotatable bonds is 7. The lowest BCUT2D eigenvalue weighted by Crippen LogP contribution is -2.32. The van der Waals surface area contributed by atoms with Crippen molar-refractivity contribution in [2.24, 2.45) is 9.98 Å². The van der Waals surface area contributed by atoms with E-state index < -0.39 is 40.5 Å². The van der Waals surface area contributed by atoms with E-state index in [0.717, 1.165) is 6.07 Å². The maximum absolute atomic E-state index is 14.2. The lowest BCUT2D eigenvalue weighted by Gasteiger charge is -2.17. The molecule has 2 aliphatic rings. The van der Waals surface area contributed by atoms with Crippen LogP contribution in [0.1, 0.15) is 22.3 Å². The minimum absolute atomic E-state index is 0.173. The van der Waals surface area contributed by atoms with E-state index in [0.29, 0.717) is 18.4 Å². The molecule has 0 bridgehead atoms. The van der Waals surface area contributed by atoms with Crippen molar-refractivity contribution in [3.63, 3.8) is 0 Å². The molecule has 10 heteroatoms. The predicted molar refractivity (Wildman–Crippen MR) is 93.1 cm³/mol. The van der Waals surface area contributed by atoms with E-state index in [1.165, 1.54) is 24.7 Å². The number of fused-ring (bicyclic) bond motifs is 1. The fourth-order valence-corrected chi connectivity index (χ4v) is 3.18. The summed E-state index contributed by atoms with van der Waals surface area (Å²) >= 11 is 0. The summed E-state index contributed by atoms with van der Waals surface area (Å²) in [6.45, 7) is 0.173. The molecule has 7 nitrogen and oxygen atoms in total. The Morgan fingerprint density at radius 3 is 2.77 bits per heavy atom. The van der Waals surface area contributed by atoms with Gasteiger partial charge in [-0.15, -0.1) is 0 Å². The number of Topliss-reactive ketones (excluding diaryl/α,β-unsaturated/α-hetero) is 1. The molecular weight excluding hydrogens is 366 g/mol. The number of benzene rings is 1. The zero-order valence-corrected chi connectivity index (χ0v) is 14.4. The Morgan fingerprint density at radius 1 is 1.23 bits per heavy atom.